The third-order valence-electron chi connectivity index (χ3n) is 3.69. The maximum atomic E-state index is 14.4. The quantitative estimate of drug-likeness (QED) is 0.898. The van der Waals surface area contributed by atoms with Crippen LogP contribution in [0.5, 0.6) is 0 Å². The third-order valence-corrected chi connectivity index (χ3v) is 3.69. The molecule has 1 N–H and O–H groups in total. The van der Waals surface area contributed by atoms with Crippen molar-refractivity contribution in [2.75, 3.05) is 25.0 Å². The molecule has 0 aliphatic carbocycles. The molecule has 1 atom stereocenters. The first kappa shape index (κ1) is 18.8. The van der Waals surface area contributed by atoms with Crippen molar-refractivity contribution in [3.8, 4) is 6.07 Å². The molecule has 0 radical (unpaired) electrons. The van der Waals surface area contributed by atoms with E-state index in [9.17, 15) is 13.6 Å². The minimum absolute atomic E-state index is 0.0267. The minimum atomic E-state index is -3.05. The van der Waals surface area contributed by atoms with Gasteiger partial charge in [0.25, 0.3) is 5.92 Å². The Kier molecular flexibility index (Phi) is 5.40. The number of hydrogen-bond donors (Lipinski definition) is 1. The maximum absolute atomic E-state index is 14.4. The molecule has 1 aromatic heterocycles. The van der Waals surface area contributed by atoms with E-state index in [-0.39, 0.29) is 25.5 Å². The number of amides is 1. The number of hydrogen-bond acceptors (Lipinski definition) is 6. The molecule has 7 nitrogen and oxygen atoms in total. The third kappa shape index (κ3) is 5.24. The first-order chi connectivity index (χ1) is 11.6. The highest BCUT2D eigenvalue weighted by Gasteiger charge is 2.46. The first-order valence-corrected chi connectivity index (χ1v) is 7.92. The number of nitriles is 1. The van der Waals surface area contributed by atoms with Gasteiger partial charge in [-0.05, 0) is 27.2 Å². The molecule has 0 bridgehead atoms. The van der Waals surface area contributed by atoms with Gasteiger partial charge in [-0.1, -0.05) is 0 Å². The molecule has 1 unspecified atom stereocenters. The lowest BCUT2D eigenvalue weighted by Gasteiger charge is -2.38. The molecule has 9 heteroatoms. The first-order valence-electron chi connectivity index (χ1n) is 7.92. The van der Waals surface area contributed by atoms with E-state index in [2.05, 4.69) is 15.3 Å². The Morgan fingerprint density at radius 2 is 2.12 bits per heavy atom. The van der Waals surface area contributed by atoms with Gasteiger partial charge in [0.1, 0.15) is 11.7 Å². The Labute approximate surface area is 145 Å². The largest absolute Gasteiger partial charge is 0.444 e. The van der Waals surface area contributed by atoms with Crippen LogP contribution in [0.25, 0.3) is 0 Å². The van der Waals surface area contributed by atoms with Gasteiger partial charge in [-0.3, -0.25) is 0 Å². The van der Waals surface area contributed by atoms with Crippen molar-refractivity contribution in [1.29, 1.82) is 5.26 Å². The zero-order chi connectivity index (χ0) is 18.7. The molecule has 1 aliphatic heterocycles. The van der Waals surface area contributed by atoms with Crippen LogP contribution in [0.1, 0.15) is 32.8 Å². The molecular formula is C16H21F2N5O2. The lowest BCUT2D eigenvalue weighted by Crippen LogP contribution is -2.53. The minimum Gasteiger partial charge on any atom is -0.444 e. The van der Waals surface area contributed by atoms with Gasteiger partial charge < -0.3 is 15.0 Å². The molecule has 1 amide bonds. The number of anilines is 1. The normalized spacial score (nSPS) is 19.8. The number of ether oxygens (including phenoxy) is 1. The molecule has 1 aromatic rings. The molecule has 1 saturated heterocycles. The topological polar surface area (TPSA) is 91.1 Å². The van der Waals surface area contributed by atoms with E-state index < -0.39 is 30.1 Å². The van der Waals surface area contributed by atoms with Crippen molar-refractivity contribution in [2.45, 2.75) is 38.7 Å². The predicted octanol–water partition coefficient (Wildman–Crippen LogP) is 2.65. The molecule has 1 aliphatic rings. The fraction of sp³-hybridized carbons (Fsp3) is 0.625. The number of carbonyl (C=O) groups is 1. The second-order valence-electron chi connectivity index (χ2n) is 6.94. The number of likely N-dealkylation sites (tertiary alicyclic amines) is 1. The average Bonchev–Trinajstić information content (AvgIpc) is 2.52. The van der Waals surface area contributed by atoms with Crippen molar-refractivity contribution in [3.05, 3.63) is 18.0 Å². The highest BCUT2D eigenvalue weighted by molar-refractivity contribution is 5.68. The van der Waals surface area contributed by atoms with E-state index in [1.165, 1.54) is 12.4 Å². The Hall–Kier alpha value is -2.50. The maximum Gasteiger partial charge on any atom is 0.410 e. The Morgan fingerprint density at radius 3 is 2.64 bits per heavy atom. The summed E-state index contributed by atoms with van der Waals surface area (Å²) in [6, 6.07) is 1.88. The van der Waals surface area contributed by atoms with Gasteiger partial charge in [0.15, 0.2) is 0 Å². The van der Waals surface area contributed by atoms with E-state index in [0.717, 1.165) is 4.90 Å². The van der Waals surface area contributed by atoms with Gasteiger partial charge in [0.05, 0.1) is 24.5 Å². The van der Waals surface area contributed by atoms with E-state index in [4.69, 9.17) is 10.00 Å². The molecule has 25 heavy (non-hydrogen) atoms. The van der Waals surface area contributed by atoms with Gasteiger partial charge in [0.2, 0.25) is 5.95 Å². The SMILES string of the molecule is CC(C)(C)OC(=O)N1CCC(CNc2ncc(C#N)cn2)C(F)(F)C1. The summed E-state index contributed by atoms with van der Waals surface area (Å²) in [4.78, 5) is 20.8. The van der Waals surface area contributed by atoms with Crippen LogP contribution >= 0.6 is 0 Å². The summed E-state index contributed by atoms with van der Waals surface area (Å²) in [5, 5.41) is 11.4. The van der Waals surface area contributed by atoms with Crippen molar-refractivity contribution in [2.24, 2.45) is 5.92 Å². The number of nitrogens with zero attached hydrogens (tertiary/aromatic N) is 4. The molecule has 136 valence electrons. The molecule has 2 rings (SSSR count). The fourth-order valence-electron chi connectivity index (χ4n) is 2.41. The average molecular weight is 353 g/mol. The number of rotatable bonds is 3. The van der Waals surface area contributed by atoms with Crippen LogP contribution in [0, 0.1) is 17.2 Å². The van der Waals surface area contributed by atoms with Crippen LogP contribution in [0.4, 0.5) is 19.5 Å². The smallest absolute Gasteiger partial charge is 0.410 e. The standard InChI is InChI=1S/C16H21F2N5O2/c1-15(2,3)25-14(24)23-5-4-12(16(17,18)10-23)9-22-13-20-7-11(6-19)8-21-13/h7-8,12H,4-5,9-10H2,1-3H3,(H,20,21,22). The van der Waals surface area contributed by atoms with Crippen LogP contribution in [-0.2, 0) is 4.74 Å². The van der Waals surface area contributed by atoms with Crippen LogP contribution in [0.2, 0.25) is 0 Å². The van der Waals surface area contributed by atoms with Gasteiger partial charge >= 0.3 is 6.09 Å². The van der Waals surface area contributed by atoms with Gasteiger partial charge in [0, 0.05) is 19.0 Å². The van der Waals surface area contributed by atoms with Crippen LogP contribution in [-0.4, -0.2) is 52.1 Å². The molecule has 0 saturated carbocycles. The Balaban J connectivity index is 1.91. The number of carbonyl (C=O) groups excluding carboxylic acids is 1. The van der Waals surface area contributed by atoms with E-state index >= 15 is 0 Å². The number of aromatic nitrogens is 2. The van der Waals surface area contributed by atoms with Crippen LogP contribution in [0.3, 0.4) is 0 Å². The zero-order valence-electron chi connectivity index (χ0n) is 14.4. The second-order valence-corrected chi connectivity index (χ2v) is 6.94. The van der Waals surface area contributed by atoms with Gasteiger partial charge in [-0.15, -0.1) is 0 Å². The predicted molar refractivity (Wildman–Crippen MR) is 86.1 cm³/mol. The van der Waals surface area contributed by atoms with Crippen LogP contribution < -0.4 is 5.32 Å². The van der Waals surface area contributed by atoms with Crippen molar-refractivity contribution < 1.29 is 18.3 Å². The van der Waals surface area contributed by atoms with E-state index in [1.807, 2.05) is 6.07 Å². The molecule has 0 spiro atoms. The zero-order valence-corrected chi connectivity index (χ0v) is 14.4. The van der Waals surface area contributed by atoms with E-state index in [0.29, 0.717) is 5.56 Å². The number of alkyl halides is 2. The molecular weight excluding hydrogens is 332 g/mol. The summed E-state index contributed by atoms with van der Waals surface area (Å²) in [7, 11) is 0. The highest BCUT2D eigenvalue weighted by atomic mass is 19.3. The summed E-state index contributed by atoms with van der Waals surface area (Å²) in [5.41, 5.74) is -0.431. The summed E-state index contributed by atoms with van der Waals surface area (Å²) in [5.74, 6) is -3.82. The molecule has 0 aromatic carbocycles. The second kappa shape index (κ2) is 7.17. The number of halogens is 2. The lowest BCUT2D eigenvalue weighted by atomic mass is 9.93. The number of piperidine rings is 1. The monoisotopic (exact) mass is 353 g/mol. The van der Waals surface area contributed by atoms with Gasteiger partial charge in [-0.25, -0.2) is 23.5 Å². The van der Waals surface area contributed by atoms with Gasteiger partial charge in [-0.2, -0.15) is 5.26 Å². The number of nitrogens with one attached hydrogen (secondary N) is 1. The summed E-state index contributed by atoms with van der Waals surface area (Å²) >= 11 is 0. The van der Waals surface area contributed by atoms with Crippen molar-refractivity contribution >= 4 is 12.0 Å². The summed E-state index contributed by atoms with van der Waals surface area (Å²) in [6.45, 7) is 4.57. The summed E-state index contributed by atoms with van der Waals surface area (Å²) in [6.07, 6.45) is 2.04. The molecule has 1 fully saturated rings. The van der Waals surface area contributed by atoms with E-state index in [1.54, 1.807) is 20.8 Å². The summed E-state index contributed by atoms with van der Waals surface area (Å²) < 4.78 is 33.9. The molecule has 2 heterocycles. The van der Waals surface area contributed by atoms with Crippen LogP contribution in [0.15, 0.2) is 12.4 Å². The lowest BCUT2D eigenvalue weighted by molar-refractivity contribution is -0.106. The highest BCUT2D eigenvalue weighted by Crippen LogP contribution is 2.33. The fourth-order valence-corrected chi connectivity index (χ4v) is 2.41. The van der Waals surface area contributed by atoms with Crippen molar-refractivity contribution in [1.82, 2.24) is 14.9 Å². The van der Waals surface area contributed by atoms with Crippen molar-refractivity contribution in [3.63, 3.8) is 0 Å². The Morgan fingerprint density at radius 1 is 1.48 bits per heavy atom. The Bertz CT molecular complexity index is 652.